The molecular formula is C13H13N7S. The van der Waals surface area contributed by atoms with E-state index in [-0.39, 0.29) is 0 Å². The van der Waals surface area contributed by atoms with Gasteiger partial charge in [-0.3, -0.25) is 0 Å². The summed E-state index contributed by atoms with van der Waals surface area (Å²) in [6, 6.07) is 7.91. The summed E-state index contributed by atoms with van der Waals surface area (Å²) in [5.74, 6) is 0.915. The molecule has 4 rings (SSSR count). The second kappa shape index (κ2) is 4.88. The van der Waals surface area contributed by atoms with Crippen molar-refractivity contribution in [3.8, 4) is 0 Å². The van der Waals surface area contributed by atoms with Crippen molar-refractivity contribution >= 4 is 27.3 Å². The van der Waals surface area contributed by atoms with E-state index in [1.54, 1.807) is 11.3 Å². The molecule has 1 aromatic carbocycles. The number of hydrogen-bond donors (Lipinski definition) is 0. The van der Waals surface area contributed by atoms with Crippen molar-refractivity contribution < 1.29 is 0 Å². The Morgan fingerprint density at radius 2 is 2.05 bits per heavy atom. The predicted octanol–water partition coefficient (Wildman–Crippen LogP) is 1.93. The van der Waals surface area contributed by atoms with E-state index in [1.807, 2.05) is 33.5 Å². The molecule has 7 nitrogen and oxygen atoms in total. The van der Waals surface area contributed by atoms with Crippen molar-refractivity contribution in [2.24, 2.45) is 0 Å². The molecule has 21 heavy (non-hydrogen) atoms. The highest BCUT2D eigenvalue weighted by Gasteiger charge is 2.12. The van der Waals surface area contributed by atoms with E-state index in [0.717, 1.165) is 39.7 Å². The number of aromatic nitrogens is 7. The molecule has 0 aliphatic carbocycles. The third-order valence-electron chi connectivity index (χ3n) is 3.28. The van der Waals surface area contributed by atoms with Gasteiger partial charge in [0.2, 0.25) is 4.96 Å². The van der Waals surface area contributed by atoms with Gasteiger partial charge in [0.15, 0.2) is 5.82 Å². The van der Waals surface area contributed by atoms with Crippen LogP contribution in [0.3, 0.4) is 0 Å². The molecule has 8 heteroatoms. The van der Waals surface area contributed by atoms with E-state index in [4.69, 9.17) is 0 Å². The van der Waals surface area contributed by atoms with Gasteiger partial charge in [0.1, 0.15) is 10.5 Å². The lowest BCUT2D eigenvalue weighted by Crippen LogP contribution is -2.03. The zero-order valence-corrected chi connectivity index (χ0v) is 12.3. The summed E-state index contributed by atoms with van der Waals surface area (Å²) in [6.07, 6.45) is 1.91. The smallest absolute Gasteiger partial charge is 0.234 e. The quantitative estimate of drug-likeness (QED) is 0.575. The van der Waals surface area contributed by atoms with Crippen LogP contribution < -0.4 is 0 Å². The molecule has 3 aromatic heterocycles. The van der Waals surface area contributed by atoms with E-state index in [0.29, 0.717) is 6.54 Å². The van der Waals surface area contributed by atoms with Gasteiger partial charge in [-0.1, -0.05) is 35.6 Å². The van der Waals surface area contributed by atoms with Gasteiger partial charge < -0.3 is 0 Å². The van der Waals surface area contributed by atoms with Crippen molar-refractivity contribution in [2.45, 2.75) is 26.3 Å². The van der Waals surface area contributed by atoms with Crippen LogP contribution in [0.5, 0.6) is 0 Å². The summed E-state index contributed by atoms with van der Waals surface area (Å²) in [6.45, 7) is 2.72. The summed E-state index contributed by atoms with van der Waals surface area (Å²) in [4.78, 5) is 0.831. The van der Waals surface area contributed by atoms with Gasteiger partial charge in [0, 0.05) is 6.42 Å². The fourth-order valence-corrected chi connectivity index (χ4v) is 3.14. The number of fused-ring (bicyclic) bond motifs is 2. The third-order valence-corrected chi connectivity index (χ3v) is 4.16. The lowest BCUT2D eigenvalue weighted by Gasteiger charge is -1.97. The summed E-state index contributed by atoms with van der Waals surface area (Å²) in [5, 5.41) is 22.2. The lowest BCUT2D eigenvalue weighted by molar-refractivity contribution is 0.654. The first-order valence-electron chi connectivity index (χ1n) is 6.83. The molecule has 0 aliphatic heterocycles. The Balaban J connectivity index is 1.70. The molecule has 0 radical (unpaired) electrons. The zero-order valence-electron chi connectivity index (χ0n) is 11.5. The van der Waals surface area contributed by atoms with Crippen LogP contribution in [-0.2, 0) is 13.0 Å². The maximum absolute atomic E-state index is 4.59. The Morgan fingerprint density at radius 1 is 1.14 bits per heavy atom. The Hall–Kier alpha value is -2.35. The van der Waals surface area contributed by atoms with Gasteiger partial charge in [-0.2, -0.15) is 9.61 Å². The van der Waals surface area contributed by atoms with E-state index in [9.17, 15) is 0 Å². The first-order valence-corrected chi connectivity index (χ1v) is 7.65. The molecule has 3 heterocycles. The lowest BCUT2D eigenvalue weighted by atomic mass is 10.3. The highest BCUT2D eigenvalue weighted by Crippen LogP contribution is 2.17. The van der Waals surface area contributed by atoms with Crippen molar-refractivity contribution in [2.75, 3.05) is 0 Å². The minimum absolute atomic E-state index is 0.597. The van der Waals surface area contributed by atoms with Crippen molar-refractivity contribution in [1.82, 2.24) is 34.8 Å². The molecule has 0 unspecified atom stereocenters. The second-order valence-electron chi connectivity index (χ2n) is 4.79. The van der Waals surface area contributed by atoms with Gasteiger partial charge in [-0.25, -0.2) is 4.68 Å². The fraction of sp³-hybridized carbons (Fsp3) is 0.308. The van der Waals surface area contributed by atoms with E-state index >= 15 is 0 Å². The maximum Gasteiger partial charge on any atom is 0.234 e. The van der Waals surface area contributed by atoms with Crippen LogP contribution in [0.4, 0.5) is 0 Å². The first-order chi connectivity index (χ1) is 10.3. The van der Waals surface area contributed by atoms with Crippen molar-refractivity contribution in [3.05, 3.63) is 35.1 Å². The Kier molecular flexibility index (Phi) is 2.88. The minimum Gasteiger partial charge on any atom is -0.238 e. The second-order valence-corrected chi connectivity index (χ2v) is 5.83. The van der Waals surface area contributed by atoms with E-state index in [1.165, 1.54) is 0 Å². The monoisotopic (exact) mass is 299 g/mol. The molecule has 0 fully saturated rings. The third kappa shape index (κ3) is 2.07. The van der Waals surface area contributed by atoms with Gasteiger partial charge in [0.05, 0.1) is 12.1 Å². The van der Waals surface area contributed by atoms with E-state index in [2.05, 4.69) is 32.5 Å². The summed E-state index contributed by atoms with van der Waals surface area (Å²) in [7, 11) is 0. The molecule has 106 valence electrons. The number of hydrogen-bond acceptors (Lipinski definition) is 6. The van der Waals surface area contributed by atoms with Crippen LogP contribution in [0.25, 0.3) is 16.0 Å². The molecule has 0 N–H and O–H groups in total. The Bertz CT molecular complexity index is 904. The van der Waals surface area contributed by atoms with Gasteiger partial charge in [-0.05, 0) is 18.6 Å². The SMILES string of the molecule is CCCc1nnc2sc(Cn3nnc4ccccc43)nn12. The summed E-state index contributed by atoms with van der Waals surface area (Å²) < 4.78 is 3.70. The molecule has 0 atom stereocenters. The molecule has 0 bridgehead atoms. The maximum atomic E-state index is 4.59. The van der Waals surface area contributed by atoms with Crippen molar-refractivity contribution in [3.63, 3.8) is 0 Å². The molecule has 0 spiro atoms. The Morgan fingerprint density at radius 3 is 2.95 bits per heavy atom. The standard InChI is InChI=1S/C13H13N7S/c1-2-5-11-15-16-13-20(11)17-12(21-13)8-19-10-7-4-3-6-9(10)14-18-19/h3-4,6-7H,2,5,8H2,1H3. The van der Waals surface area contributed by atoms with Crippen LogP contribution in [0.1, 0.15) is 24.2 Å². The van der Waals surface area contributed by atoms with Crippen LogP contribution >= 0.6 is 11.3 Å². The number of rotatable bonds is 4. The average molecular weight is 299 g/mol. The van der Waals surface area contributed by atoms with Gasteiger partial charge in [0.25, 0.3) is 0 Å². The number of para-hydroxylation sites is 1. The largest absolute Gasteiger partial charge is 0.238 e. The van der Waals surface area contributed by atoms with Crippen LogP contribution in [-0.4, -0.2) is 34.8 Å². The number of aryl methyl sites for hydroxylation is 1. The molecule has 0 saturated heterocycles. The summed E-state index contributed by atoms with van der Waals surface area (Å²) >= 11 is 1.54. The molecule has 0 saturated carbocycles. The molecule has 0 aliphatic rings. The average Bonchev–Trinajstić information content (AvgIpc) is 3.17. The Labute approximate surface area is 124 Å². The minimum atomic E-state index is 0.597. The molecule has 0 amide bonds. The van der Waals surface area contributed by atoms with Gasteiger partial charge >= 0.3 is 0 Å². The predicted molar refractivity (Wildman–Crippen MR) is 79.3 cm³/mol. The fourth-order valence-electron chi connectivity index (χ4n) is 2.30. The zero-order chi connectivity index (χ0) is 14.2. The van der Waals surface area contributed by atoms with Crippen molar-refractivity contribution in [1.29, 1.82) is 0 Å². The normalized spacial score (nSPS) is 11.7. The highest BCUT2D eigenvalue weighted by molar-refractivity contribution is 7.16. The van der Waals surface area contributed by atoms with Gasteiger partial charge in [-0.15, -0.1) is 15.3 Å². The topological polar surface area (TPSA) is 73.8 Å². The van der Waals surface area contributed by atoms with Crippen LogP contribution in [0, 0.1) is 0 Å². The van der Waals surface area contributed by atoms with E-state index < -0.39 is 0 Å². The summed E-state index contributed by atoms with van der Waals surface area (Å²) in [5.41, 5.74) is 1.91. The number of nitrogens with zero attached hydrogens (tertiary/aromatic N) is 7. The molecule has 4 aromatic rings. The van der Waals surface area contributed by atoms with Crippen LogP contribution in [0.2, 0.25) is 0 Å². The molecular weight excluding hydrogens is 286 g/mol. The van der Waals surface area contributed by atoms with Crippen LogP contribution in [0.15, 0.2) is 24.3 Å². The first kappa shape index (κ1) is 12.4. The number of benzene rings is 1. The highest BCUT2D eigenvalue weighted by atomic mass is 32.1.